The Morgan fingerprint density at radius 1 is 1.46 bits per heavy atom. The number of rotatable bonds is 3. The van der Waals surface area contributed by atoms with Gasteiger partial charge in [-0.1, -0.05) is 11.8 Å². The molecule has 1 fully saturated rings. The van der Waals surface area contributed by atoms with Gasteiger partial charge in [-0.05, 0) is 31.5 Å². The van der Waals surface area contributed by atoms with E-state index < -0.39 is 0 Å². The molecule has 1 aromatic rings. The van der Waals surface area contributed by atoms with E-state index >= 15 is 0 Å². The van der Waals surface area contributed by atoms with E-state index in [2.05, 4.69) is 15.3 Å². The summed E-state index contributed by atoms with van der Waals surface area (Å²) in [6.07, 6.45) is 4.88. The molecule has 2 rings (SSSR count). The van der Waals surface area contributed by atoms with Crippen molar-refractivity contribution in [2.24, 2.45) is 5.92 Å². The van der Waals surface area contributed by atoms with E-state index in [0.717, 1.165) is 23.4 Å². The average Bonchev–Trinajstić information content (AvgIpc) is 2.69. The van der Waals surface area contributed by atoms with Gasteiger partial charge < -0.3 is 5.32 Å². The predicted molar refractivity (Wildman–Crippen MR) is 53.7 cm³/mol. The van der Waals surface area contributed by atoms with Crippen LogP contribution in [-0.2, 0) is 0 Å². The Balaban J connectivity index is 1.79. The van der Waals surface area contributed by atoms with E-state index in [1.54, 1.807) is 24.2 Å². The fraction of sp³-hybridized carbons (Fsp3) is 0.556. The Morgan fingerprint density at radius 3 is 3.00 bits per heavy atom. The number of nitrogens with one attached hydrogen (secondary N) is 1. The van der Waals surface area contributed by atoms with Crippen molar-refractivity contribution in [1.82, 2.24) is 15.3 Å². The molecular formula is C9H13N3S. The fourth-order valence-electron chi connectivity index (χ4n) is 1.41. The van der Waals surface area contributed by atoms with Crippen LogP contribution >= 0.6 is 11.8 Å². The summed E-state index contributed by atoms with van der Waals surface area (Å²) in [5.74, 6) is 1.94. The molecule has 2 heterocycles. The number of hydrogen-bond donors (Lipinski definition) is 1. The summed E-state index contributed by atoms with van der Waals surface area (Å²) in [4.78, 5) is 8.34. The van der Waals surface area contributed by atoms with E-state index in [-0.39, 0.29) is 0 Å². The summed E-state index contributed by atoms with van der Waals surface area (Å²) < 4.78 is 0. The van der Waals surface area contributed by atoms with Crippen LogP contribution in [0.1, 0.15) is 6.42 Å². The first kappa shape index (κ1) is 8.97. The second-order valence-electron chi connectivity index (χ2n) is 3.20. The Labute approximate surface area is 82.4 Å². The topological polar surface area (TPSA) is 37.8 Å². The molecule has 1 saturated heterocycles. The summed E-state index contributed by atoms with van der Waals surface area (Å²) in [5.41, 5.74) is 0. The van der Waals surface area contributed by atoms with Crippen molar-refractivity contribution in [2.45, 2.75) is 11.6 Å². The van der Waals surface area contributed by atoms with Crippen molar-refractivity contribution in [2.75, 3.05) is 18.8 Å². The average molecular weight is 195 g/mol. The van der Waals surface area contributed by atoms with Gasteiger partial charge >= 0.3 is 0 Å². The molecule has 4 heteroatoms. The minimum absolute atomic E-state index is 0.800. The van der Waals surface area contributed by atoms with Crippen LogP contribution in [-0.4, -0.2) is 28.8 Å². The Hall–Kier alpha value is -0.610. The van der Waals surface area contributed by atoms with E-state index in [4.69, 9.17) is 0 Å². The van der Waals surface area contributed by atoms with Crippen LogP contribution in [0.15, 0.2) is 23.6 Å². The van der Waals surface area contributed by atoms with Gasteiger partial charge in [0.05, 0.1) is 0 Å². The van der Waals surface area contributed by atoms with Crippen LogP contribution < -0.4 is 5.32 Å². The van der Waals surface area contributed by atoms with Gasteiger partial charge in [-0.25, -0.2) is 9.97 Å². The monoisotopic (exact) mass is 195 g/mol. The third-order valence-corrected chi connectivity index (χ3v) is 3.26. The molecule has 0 unspecified atom stereocenters. The largest absolute Gasteiger partial charge is 0.316 e. The van der Waals surface area contributed by atoms with Crippen molar-refractivity contribution in [3.05, 3.63) is 18.5 Å². The zero-order valence-electron chi connectivity index (χ0n) is 7.44. The van der Waals surface area contributed by atoms with Crippen LogP contribution in [0.2, 0.25) is 0 Å². The second-order valence-corrected chi connectivity index (χ2v) is 4.19. The zero-order chi connectivity index (χ0) is 8.93. The molecule has 3 nitrogen and oxygen atoms in total. The maximum absolute atomic E-state index is 4.17. The van der Waals surface area contributed by atoms with Gasteiger partial charge in [0.1, 0.15) is 0 Å². The zero-order valence-corrected chi connectivity index (χ0v) is 8.26. The fourth-order valence-corrected chi connectivity index (χ4v) is 2.35. The molecular weight excluding hydrogens is 182 g/mol. The Kier molecular flexibility index (Phi) is 3.16. The standard InChI is InChI=1S/C9H13N3S/c1-3-11-9(12-4-1)13-7-8-2-5-10-6-8/h1,3-4,8,10H,2,5-7H2/t8-/m1/s1. The summed E-state index contributed by atoms with van der Waals surface area (Å²) in [6.45, 7) is 2.32. The highest BCUT2D eigenvalue weighted by Gasteiger charge is 2.14. The molecule has 1 aliphatic rings. The van der Waals surface area contributed by atoms with E-state index in [1.807, 2.05) is 6.07 Å². The molecule has 13 heavy (non-hydrogen) atoms. The molecule has 1 N–H and O–H groups in total. The van der Waals surface area contributed by atoms with Gasteiger partial charge in [0.15, 0.2) is 5.16 Å². The van der Waals surface area contributed by atoms with Crippen LogP contribution in [0.3, 0.4) is 0 Å². The minimum Gasteiger partial charge on any atom is -0.316 e. The molecule has 1 aromatic heterocycles. The quantitative estimate of drug-likeness (QED) is 0.580. The predicted octanol–water partition coefficient (Wildman–Crippen LogP) is 1.18. The third kappa shape index (κ3) is 2.67. The van der Waals surface area contributed by atoms with Crippen LogP contribution in [0.4, 0.5) is 0 Å². The van der Waals surface area contributed by atoms with Gasteiger partial charge in [-0.2, -0.15) is 0 Å². The van der Waals surface area contributed by atoms with Crippen LogP contribution in [0.5, 0.6) is 0 Å². The lowest BCUT2D eigenvalue weighted by atomic mass is 10.2. The lowest BCUT2D eigenvalue weighted by Gasteiger charge is -2.05. The minimum atomic E-state index is 0.800. The van der Waals surface area contributed by atoms with E-state index in [1.165, 1.54) is 13.0 Å². The smallest absolute Gasteiger partial charge is 0.187 e. The second kappa shape index (κ2) is 4.58. The Bertz CT molecular complexity index is 246. The lowest BCUT2D eigenvalue weighted by Crippen LogP contribution is -2.10. The molecule has 70 valence electrons. The van der Waals surface area contributed by atoms with Crippen LogP contribution in [0, 0.1) is 5.92 Å². The van der Waals surface area contributed by atoms with Crippen molar-refractivity contribution in [3.8, 4) is 0 Å². The summed E-state index contributed by atoms with van der Waals surface area (Å²) in [5, 5.41) is 4.25. The first-order valence-corrected chi connectivity index (χ1v) is 5.54. The highest BCUT2D eigenvalue weighted by atomic mass is 32.2. The molecule has 0 bridgehead atoms. The molecule has 0 aromatic carbocycles. The summed E-state index contributed by atoms with van der Waals surface area (Å²) in [7, 11) is 0. The van der Waals surface area contributed by atoms with Gasteiger partial charge in [-0.15, -0.1) is 0 Å². The van der Waals surface area contributed by atoms with E-state index in [0.29, 0.717) is 0 Å². The number of thioether (sulfide) groups is 1. The van der Waals surface area contributed by atoms with Gasteiger partial charge in [-0.3, -0.25) is 0 Å². The number of hydrogen-bond acceptors (Lipinski definition) is 4. The lowest BCUT2D eigenvalue weighted by molar-refractivity contribution is 0.661. The van der Waals surface area contributed by atoms with Gasteiger partial charge in [0.25, 0.3) is 0 Å². The first-order chi connectivity index (χ1) is 6.45. The third-order valence-electron chi connectivity index (χ3n) is 2.15. The number of aromatic nitrogens is 2. The molecule has 0 spiro atoms. The SMILES string of the molecule is c1cnc(SC[C@@H]2CCNC2)nc1. The van der Waals surface area contributed by atoms with Crippen molar-refractivity contribution >= 4 is 11.8 Å². The van der Waals surface area contributed by atoms with Crippen molar-refractivity contribution < 1.29 is 0 Å². The summed E-state index contributed by atoms with van der Waals surface area (Å²) in [6, 6.07) is 1.85. The maximum Gasteiger partial charge on any atom is 0.187 e. The molecule has 0 amide bonds. The van der Waals surface area contributed by atoms with Crippen LogP contribution in [0.25, 0.3) is 0 Å². The summed E-state index contributed by atoms with van der Waals surface area (Å²) >= 11 is 1.76. The molecule has 1 atom stereocenters. The van der Waals surface area contributed by atoms with Gasteiger partial charge in [0.2, 0.25) is 0 Å². The Morgan fingerprint density at radius 2 is 2.31 bits per heavy atom. The highest BCUT2D eigenvalue weighted by molar-refractivity contribution is 7.99. The number of nitrogens with zero attached hydrogens (tertiary/aromatic N) is 2. The van der Waals surface area contributed by atoms with Gasteiger partial charge in [0, 0.05) is 18.1 Å². The molecule has 1 aliphatic heterocycles. The van der Waals surface area contributed by atoms with Crippen molar-refractivity contribution in [1.29, 1.82) is 0 Å². The molecule has 0 aliphatic carbocycles. The molecule has 0 saturated carbocycles. The first-order valence-electron chi connectivity index (χ1n) is 4.55. The van der Waals surface area contributed by atoms with Crippen molar-refractivity contribution in [3.63, 3.8) is 0 Å². The highest BCUT2D eigenvalue weighted by Crippen LogP contribution is 2.19. The maximum atomic E-state index is 4.17. The normalized spacial score (nSPS) is 22.0. The van der Waals surface area contributed by atoms with E-state index in [9.17, 15) is 0 Å². The molecule has 0 radical (unpaired) electrons.